The number of hydrogen-bond donors (Lipinski definition) is 1. The van der Waals surface area contributed by atoms with E-state index in [1.807, 2.05) is 24.4 Å². The van der Waals surface area contributed by atoms with E-state index in [4.69, 9.17) is 22.1 Å². The molecule has 0 fully saturated rings. The molecule has 2 heterocycles. The standard InChI is InChI=1S/C17H17ClN4OS/c1-23-12-5-6-14(15(18)9-12)16-20-8-7-11(22-16)3-2-4-13-10-21-17(19)24-13/h5-10H,2-4H2,1H3,(H2,19,21). The number of hydrogen-bond acceptors (Lipinski definition) is 6. The van der Waals surface area contributed by atoms with Gasteiger partial charge in [0, 0.05) is 28.5 Å². The average Bonchev–Trinajstić information content (AvgIpc) is 3.00. The Morgan fingerprint density at radius 3 is 2.79 bits per heavy atom. The van der Waals surface area contributed by atoms with Crippen molar-refractivity contribution in [3.05, 3.63) is 52.3 Å². The molecule has 7 heteroatoms. The molecule has 0 unspecified atom stereocenters. The lowest BCUT2D eigenvalue weighted by atomic mass is 10.1. The molecule has 0 radical (unpaired) electrons. The first kappa shape index (κ1) is 16.7. The van der Waals surface area contributed by atoms with Gasteiger partial charge in [-0.15, -0.1) is 11.3 Å². The van der Waals surface area contributed by atoms with Crippen LogP contribution in [0.5, 0.6) is 5.75 Å². The molecule has 0 aliphatic carbocycles. The van der Waals surface area contributed by atoms with Gasteiger partial charge >= 0.3 is 0 Å². The summed E-state index contributed by atoms with van der Waals surface area (Å²) in [4.78, 5) is 14.2. The number of benzene rings is 1. The molecule has 3 aromatic rings. The predicted molar refractivity (Wildman–Crippen MR) is 97.6 cm³/mol. The van der Waals surface area contributed by atoms with Crippen molar-refractivity contribution in [1.82, 2.24) is 15.0 Å². The van der Waals surface area contributed by atoms with Crippen LogP contribution in [0.1, 0.15) is 17.0 Å². The molecule has 0 aliphatic rings. The maximum absolute atomic E-state index is 6.30. The SMILES string of the molecule is COc1ccc(-c2nccc(CCCc3cnc(N)s3)n2)c(Cl)c1. The Morgan fingerprint density at radius 2 is 2.08 bits per heavy atom. The van der Waals surface area contributed by atoms with Crippen LogP contribution in [0.15, 0.2) is 36.7 Å². The van der Waals surface area contributed by atoms with Crippen molar-refractivity contribution in [2.24, 2.45) is 0 Å². The fraction of sp³-hybridized carbons (Fsp3) is 0.235. The van der Waals surface area contributed by atoms with Crippen LogP contribution >= 0.6 is 22.9 Å². The summed E-state index contributed by atoms with van der Waals surface area (Å²) in [6.07, 6.45) is 6.39. The van der Waals surface area contributed by atoms with E-state index in [2.05, 4.69) is 15.0 Å². The Balaban J connectivity index is 1.69. The van der Waals surface area contributed by atoms with Gasteiger partial charge in [-0.05, 0) is 43.5 Å². The van der Waals surface area contributed by atoms with Gasteiger partial charge in [0.2, 0.25) is 0 Å². The zero-order valence-corrected chi connectivity index (χ0v) is 14.8. The molecule has 124 valence electrons. The van der Waals surface area contributed by atoms with Crippen molar-refractivity contribution >= 4 is 28.1 Å². The number of ether oxygens (including phenoxy) is 1. The lowest BCUT2D eigenvalue weighted by molar-refractivity contribution is 0.415. The van der Waals surface area contributed by atoms with Gasteiger partial charge in [-0.2, -0.15) is 0 Å². The van der Waals surface area contributed by atoms with Gasteiger partial charge < -0.3 is 10.5 Å². The van der Waals surface area contributed by atoms with Crippen LogP contribution in [0.3, 0.4) is 0 Å². The summed E-state index contributed by atoms with van der Waals surface area (Å²) in [6.45, 7) is 0. The zero-order chi connectivity index (χ0) is 16.9. The number of aryl methyl sites for hydroxylation is 2. The van der Waals surface area contributed by atoms with E-state index >= 15 is 0 Å². The molecule has 0 saturated carbocycles. The zero-order valence-electron chi connectivity index (χ0n) is 13.2. The number of nitrogen functional groups attached to an aromatic ring is 1. The van der Waals surface area contributed by atoms with Crippen LogP contribution < -0.4 is 10.5 Å². The lowest BCUT2D eigenvalue weighted by Gasteiger charge is -2.07. The average molecular weight is 361 g/mol. The summed E-state index contributed by atoms with van der Waals surface area (Å²) >= 11 is 7.84. The minimum Gasteiger partial charge on any atom is -0.497 e. The largest absolute Gasteiger partial charge is 0.497 e. The highest BCUT2D eigenvalue weighted by atomic mass is 35.5. The van der Waals surface area contributed by atoms with E-state index in [9.17, 15) is 0 Å². The van der Waals surface area contributed by atoms with E-state index in [1.54, 1.807) is 19.4 Å². The van der Waals surface area contributed by atoms with Gasteiger partial charge in [-0.25, -0.2) is 15.0 Å². The minimum atomic E-state index is 0.576. The summed E-state index contributed by atoms with van der Waals surface area (Å²) in [7, 11) is 1.61. The van der Waals surface area contributed by atoms with Gasteiger partial charge in [0.1, 0.15) is 5.75 Å². The number of nitrogens with zero attached hydrogens (tertiary/aromatic N) is 3. The number of aromatic nitrogens is 3. The van der Waals surface area contributed by atoms with E-state index in [0.717, 1.165) is 30.5 Å². The molecule has 0 atom stereocenters. The highest BCUT2D eigenvalue weighted by molar-refractivity contribution is 7.15. The van der Waals surface area contributed by atoms with Crippen LogP contribution in [0.4, 0.5) is 5.13 Å². The summed E-state index contributed by atoms with van der Waals surface area (Å²) in [5, 5.41) is 1.19. The van der Waals surface area contributed by atoms with E-state index in [0.29, 0.717) is 21.7 Å². The number of anilines is 1. The number of methoxy groups -OCH3 is 1. The molecule has 1 aromatic carbocycles. The van der Waals surface area contributed by atoms with Crippen LogP contribution in [-0.2, 0) is 12.8 Å². The first-order valence-electron chi connectivity index (χ1n) is 7.51. The second-order valence-corrected chi connectivity index (χ2v) is 6.79. The summed E-state index contributed by atoms with van der Waals surface area (Å²) in [6, 6.07) is 7.43. The lowest BCUT2D eigenvalue weighted by Crippen LogP contribution is -1.97. The second-order valence-electron chi connectivity index (χ2n) is 5.24. The van der Waals surface area contributed by atoms with Gasteiger partial charge in [-0.1, -0.05) is 11.6 Å². The second kappa shape index (κ2) is 7.59. The fourth-order valence-electron chi connectivity index (χ4n) is 2.35. The number of rotatable bonds is 6. The Bertz CT molecular complexity index is 837. The molecule has 0 aliphatic heterocycles. The van der Waals surface area contributed by atoms with Gasteiger partial charge in [0.25, 0.3) is 0 Å². The molecule has 3 rings (SSSR count). The minimum absolute atomic E-state index is 0.576. The third-order valence-electron chi connectivity index (χ3n) is 3.56. The Hall–Kier alpha value is -2.18. The molecule has 2 N–H and O–H groups in total. The fourth-order valence-corrected chi connectivity index (χ4v) is 3.33. The first-order valence-corrected chi connectivity index (χ1v) is 8.71. The summed E-state index contributed by atoms with van der Waals surface area (Å²) in [5.74, 6) is 1.34. The molecule has 2 aromatic heterocycles. The third kappa shape index (κ3) is 4.01. The molecular formula is C17H17ClN4OS. The van der Waals surface area contributed by atoms with Crippen molar-refractivity contribution in [1.29, 1.82) is 0 Å². The quantitative estimate of drug-likeness (QED) is 0.718. The van der Waals surface area contributed by atoms with Crippen molar-refractivity contribution in [2.45, 2.75) is 19.3 Å². The van der Waals surface area contributed by atoms with E-state index < -0.39 is 0 Å². The molecule has 24 heavy (non-hydrogen) atoms. The van der Waals surface area contributed by atoms with Gasteiger partial charge in [0.05, 0.1) is 12.1 Å². The Kier molecular flexibility index (Phi) is 5.27. The van der Waals surface area contributed by atoms with Crippen molar-refractivity contribution in [2.75, 3.05) is 12.8 Å². The van der Waals surface area contributed by atoms with Gasteiger partial charge in [0.15, 0.2) is 11.0 Å². The summed E-state index contributed by atoms with van der Waals surface area (Å²) < 4.78 is 5.17. The van der Waals surface area contributed by atoms with E-state index in [1.165, 1.54) is 16.2 Å². The molecule has 0 amide bonds. The van der Waals surface area contributed by atoms with Crippen LogP contribution in [0.2, 0.25) is 5.02 Å². The van der Waals surface area contributed by atoms with Crippen molar-refractivity contribution in [3.63, 3.8) is 0 Å². The highest BCUT2D eigenvalue weighted by Gasteiger charge is 2.09. The van der Waals surface area contributed by atoms with Crippen molar-refractivity contribution in [3.8, 4) is 17.1 Å². The maximum atomic E-state index is 6.30. The van der Waals surface area contributed by atoms with Crippen LogP contribution in [-0.4, -0.2) is 22.1 Å². The predicted octanol–water partition coefficient (Wildman–Crippen LogP) is 4.02. The number of nitrogens with two attached hydrogens (primary N) is 1. The normalized spacial score (nSPS) is 10.8. The van der Waals surface area contributed by atoms with Crippen molar-refractivity contribution < 1.29 is 4.74 Å². The maximum Gasteiger partial charge on any atom is 0.180 e. The molecule has 0 saturated heterocycles. The molecule has 0 bridgehead atoms. The third-order valence-corrected chi connectivity index (χ3v) is 4.76. The van der Waals surface area contributed by atoms with Crippen LogP contribution in [0, 0.1) is 0 Å². The topological polar surface area (TPSA) is 73.9 Å². The highest BCUT2D eigenvalue weighted by Crippen LogP contribution is 2.29. The number of halogens is 1. The smallest absolute Gasteiger partial charge is 0.180 e. The molecule has 5 nitrogen and oxygen atoms in total. The molecule has 0 spiro atoms. The van der Waals surface area contributed by atoms with Crippen LogP contribution in [0.25, 0.3) is 11.4 Å². The first-order chi connectivity index (χ1) is 11.7. The Labute approximate surface area is 149 Å². The summed E-state index contributed by atoms with van der Waals surface area (Å²) in [5.41, 5.74) is 7.44. The van der Waals surface area contributed by atoms with E-state index in [-0.39, 0.29) is 0 Å². The molecular weight excluding hydrogens is 344 g/mol. The monoisotopic (exact) mass is 360 g/mol. The number of thiazole rings is 1. The van der Waals surface area contributed by atoms with Gasteiger partial charge in [-0.3, -0.25) is 0 Å². The Morgan fingerprint density at radius 1 is 1.21 bits per heavy atom.